The molecule has 0 fully saturated rings. The molecule has 96 valence electrons. The third kappa shape index (κ3) is 6.03. The van der Waals surface area contributed by atoms with Gasteiger partial charge in [-0.2, -0.15) is 5.10 Å². The van der Waals surface area contributed by atoms with E-state index in [9.17, 15) is 4.79 Å². The molecular weight excluding hydrogens is 222 g/mol. The van der Waals surface area contributed by atoms with Crippen LogP contribution in [0.1, 0.15) is 12.6 Å². The molecule has 1 aromatic heterocycles. The number of aromatic nitrogens is 2. The first-order valence-electron chi connectivity index (χ1n) is 5.65. The predicted octanol–water partition coefficient (Wildman–Crippen LogP) is 0.0894. The molecule has 0 aliphatic heterocycles. The highest BCUT2D eigenvalue weighted by atomic mass is 16.6. The van der Waals surface area contributed by atoms with E-state index in [0.717, 1.165) is 5.69 Å². The fraction of sp³-hybridized carbons (Fsp3) is 0.636. The van der Waals surface area contributed by atoms with Gasteiger partial charge >= 0.3 is 5.97 Å². The van der Waals surface area contributed by atoms with Crippen molar-refractivity contribution in [2.45, 2.75) is 13.5 Å². The number of nitrogens with zero attached hydrogens (tertiary/aromatic N) is 2. The molecule has 0 atom stereocenters. The molecule has 0 amide bonds. The van der Waals surface area contributed by atoms with Gasteiger partial charge in [-0.3, -0.25) is 4.68 Å². The molecule has 6 heteroatoms. The van der Waals surface area contributed by atoms with Gasteiger partial charge in [-0.05, 0) is 13.0 Å². The summed E-state index contributed by atoms with van der Waals surface area (Å²) in [4.78, 5) is 10.9. The number of hydrogen-bond donors (Lipinski definition) is 1. The predicted molar refractivity (Wildman–Crippen MR) is 62.4 cm³/mol. The maximum absolute atomic E-state index is 10.9. The zero-order chi connectivity index (χ0) is 12.5. The molecule has 0 bridgehead atoms. The fourth-order valence-electron chi connectivity index (χ4n) is 1.28. The van der Waals surface area contributed by atoms with E-state index >= 15 is 0 Å². The topological polar surface area (TPSA) is 65.4 Å². The summed E-state index contributed by atoms with van der Waals surface area (Å²) in [7, 11) is 1.88. The molecule has 0 unspecified atom stereocenters. The van der Waals surface area contributed by atoms with E-state index in [1.165, 1.54) is 0 Å². The van der Waals surface area contributed by atoms with Gasteiger partial charge in [-0.1, -0.05) is 0 Å². The molecule has 0 saturated carbocycles. The quantitative estimate of drug-likeness (QED) is 0.516. The summed E-state index contributed by atoms with van der Waals surface area (Å²) in [5, 5.41) is 7.39. The van der Waals surface area contributed by atoms with Crippen molar-refractivity contribution in [3.05, 3.63) is 18.0 Å². The van der Waals surface area contributed by atoms with Gasteiger partial charge in [0.15, 0.2) is 0 Å². The zero-order valence-corrected chi connectivity index (χ0v) is 10.3. The van der Waals surface area contributed by atoms with E-state index in [2.05, 4.69) is 10.4 Å². The second-order valence-electron chi connectivity index (χ2n) is 3.52. The van der Waals surface area contributed by atoms with Crippen molar-refractivity contribution in [2.75, 3.05) is 26.4 Å². The van der Waals surface area contributed by atoms with Gasteiger partial charge < -0.3 is 14.8 Å². The van der Waals surface area contributed by atoms with E-state index < -0.39 is 0 Å². The molecule has 6 nitrogen and oxygen atoms in total. The molecule has 0 aliphatic rings. The Morgan fingerprint density at radius 3 is 3.06 bits per heavy atom. The summed E-state index contributed by atoms with van der Waals surface area (Å²) < 4.78 is 11.6. The number of carbonyl (C=O) groups is 1. The highest BCUT2D eigenvalue weighted by Crippen LogP contribution is 1.92. The van der Waals surface area contributed by atoms with Gasteiger partial charge in [0.2, 0.25) is 0 Å². The Morgan fingerprint density at radius 1 is 1.59 bits per heavy atom. The van der Waals surface area contributed by atoms with Crippen LogP contribution in [0.2, 0.25) is 0 Å². The van der Waals surface area contributed by atoms with Crippen LogP contribution in [-0.2, 0) is 27.9 Å². The normalized spacial score (nSPS) is 10.5. The van der Waals surface area contributed by atoms with E-state index in [-0.39, 0.29) is 12.6 Å². The van der Waals surface area contributed by atoms with Crippen molar-refractivity contribution in [1.29, 1.82) is 0 Å². The summed E-state index contributed by atoms with van der Waals surface area (Å²) in [6, 6.07) is 1.95. The lowest BCUT2D eigenvalue weighted by Crippen LogP contribution is -2.22. The van der Waals surface area contributed by atoms with Gasteiger partial charge in [0.1, 0.15) is 6.61 Å². The van der Waals surface area contributed by atoms with Crippen LogP contribution in [0.25, 0.3) is 0 Å². The van der Waals surface area contributed by atoms with Crippen molar-refractivity contribution in [1.82, 2.24) is 15.1 Å². The molecule has 0 spiro atoms. The van der Waals surface area contributed by atoms with E-state index in [1.54, 1.807) is 11.6 Å². The minimum atomic E-state index is -0.322. The number of rotatable bonds is 8. The zero-order valence-electron chi connectivity index (χ0n) is 10.3. The Morgan fingerprint density at radius 2 is 2.41 bits per heavy atom. The highest BCUT2D eigenvalue weighted by molar-refractivity contribution is 5.70. The summed E-state index contributed by atoms with van der Waals surface area (Å²) in [6.07, 6.45) is 1.90. The number of ether oxygens (including phenoxy) is 2. The molecule has 0 aromatic carbocycles. The van der Waals surface area contributed by atoms with Crippen LogP contribution in [0.5, 0.6) is 0 Å². The third-order valence-electron chi connectivity index (χ3n) is 2.02. The summed E-state index contributed by atoms with van der Waals surface area (Å²) in [6.45, 7) is 4.02. The van der Waals surface area contributed by atoms with Gasteiger partial charge in [-0.25, -0.2) is 4.79 Å². The van der Waals surface area contributed by atoms with Crippen LogP contribution >= 0.6 is 0 Å². The molecule has 17 heavy (non-hydrogen) atoms. The van der Waals surface area contributed by atoms with Crippen molar-refractivity contribution in [3.63, 3.8) is 0 Å². The smallest absolute Gasteiger partial charge is 0.332 e. The third-order valence-corrected chi connectivity index (χ3v) is 2.02. The maximum atomic E-state index is 10.9. The second-order valence-corrected chi connectivity index (χ2v) is 3.52. The van der Waals surface area contributed by atoms with Crippen molar-refractivity contribution in [3.8, 4) is 0 Å². The minimum absolute atomic E-state index is 0.0130. The van der Waals surface area contributed by atoms with Crippen LogP contribution in [0.15, 0.2) is 12.3 Å². The highest BCUT2D eigenvalue weighted by Gasteiger charge is 2.00. The van der Waals surface area contributed by atoms with Crippen LogP contribution in [-0.4, -0.2) is 42.1 Å². The molecule has 0 saturated heterocycles. The van der Waals surface area contributed by atoms with Gasteiger partial charge in [0.05, 0.1) is 18.9 Å². The van der Waals surface area contributed by atoms with Crippen LogP contribution in [0, 0.1) is 0 Å². The largest absolute Gasteiger partial charge is 0.464 e. The Hall–Kier alpha value is -1.40. The lowest BCUT2D eigenvalue weighted by atomic mass is 10.4. The molecule has 1 aromatic rings. The number of nitrogens with one attached hydrogen (secondary N) is 1. The Kier molecular flexibility index (Phi) is 6.27. The van der Waals surface area contributed by atoms with Gasteiger partial charge in [0, 0.05) is 26.3 Å². The van der Waals surface area contributed by atoms with E-state index in [4.69, 9.17) is 9.47 Å². The number of esters is 1. The van der Waals surface area contributed by atoms with E-state index in [0.29, 0.717) is 26.3 Å². The summed E-state index contributed by atoms with van der Waals surface area (Å²) >= 11 is 0. The molecular formula is C11H19N3O3. The summed E-state index contributed by atoms with van der Waals surface area (Å²) in [5.41, 5.74) is 0.984. The average Bonchev–Trinajstić information content (AvgIpc) is 2.70. The maximum Gasteiger partial charge on any atom is 0.332 e. The Bertz CT molecular complexity index is 338. The first-order valence-corrected chi connectivity index (χ1v) is 5.65. The number of carbonyl (C=O) groups excluding carboxylic acids is 1. The number of aryl methyl sites for hydroxylation is 1. The van der Waals surface area contributed by atoms with Gasteiger partial charge in [-0.15, -0.1) is 0 Å². The standard InChI is InChI=1S/C11H19N3O3/c1-3-17-11(15)9-16-7-5-12-8-10-4-6-14(2)13-10/h4,6,12H,3,5,7-9H2,1-2H3. The van der Waals surface area contributed by atoms with Crippen LogP contribution in [0.3, 0.4) is 0 Å². The number of hydrogen-bond acceptors (Lipinski definition) is 5. The van der Waals surface area contributed by atoms with Crippen molar-refractivity contribution < 1.29 is 14.3 Å². The molecule has 1 N–H and O–H groups in total. The van der Waals surface area contributed by atoms with Crippen LogP contribution < -0.4 is 5.32 Å². The first-order chi connectivity index (χ1) is 8.22. The van der Waals surface area contributed by atoms with Gasteiger partial charge in [0.25, 0.3) is 0 Å². The van der Waals surface area contributed by atoms with Crippen molar-refractivity contribution >= 4 is 5.97 Å². The first kappa shape index (κ1) is 13.7. The minimum Gasteiger partial charge on any atom is -0.464 e. The molecule has 0 radical (unpaired) electrons. The average molecular weight is 241 g/mol. The molecule has 0 aliphatic carbocycles. The van der Waals surface area contributed by atoms with Crippen molar-refractivity contribution in [2.24, 2.45) is 7.05 Å². The SMILES string of the molecule is CCOC(=O)COCCNCc1ccn(C)n1. The second kappa shape index (κ2) is 7.81. The lowest BCUT2D eigenvalue weighted by molar-refractivity contribution is -0.148. The van der Waals surface area contributed by atoms with E-state index in [1.807, 2.05) is 19.3 Å². The monoisotopic (exact) mass is 241 g/mol. The lowest BCUT2D eigenvalue weighted by Gasteiger charge is -2.04. The Labute approximate surface area is 101 Å². The fourth-order valence-corrected chi connectivity index (χ4v) is 1.28. The molecule has 1 heterocycles. The van der Waals surface area contributed by atoms with Crippen LogP contribution in [0.4, 0.5) is 0 Å². The Balaban J connectivity index is 1.96. The summed E-state index contributed by atoms with van der Waals surface area (Å²) in [5.74, 6) is -0.322. The molecule has 1 rings (SSSR count).